The van der Waals surface area contributed by atoms with Crippen molar-refractivity contribution in [2.45, 2.75) is 11.8 Å². The molecule has 1 atom stereocenters. The second-order valence-electron chi connectivity index (χ2n) is 5.15. The van der Waals surface area contributed by atoms with Gasteiger partial charge in [0.25, 0.3) is 0 Å². The fourth-order valence-corrected chi connectivity index (χ4v) is 3.48. The SMILES string of the molecule is Cc1nc(-c2ccc(N=S(C)(=O)c3ccc(F)cc3F)cc2)no1. The van der Waals surface area contributed by atoms with Crippen molar-refractivity contribution in [3.63, 3.8) is 0 Å². The van der Waals surface area contributed by atoms with E-state index >= 15 is 0 Å². The van der Waals surface area contributed by atoms with Gasteiger partial charge in [0.15, 0.2) is 0 Å². The molecule has 1 unspecified atom stereocenters. The van der Waals surface area contributed by atoms with E-state index < -0.39 is 21.4 Å². The van der Waals surface area contributed by atoms with E-state index in [1.54, 1.807) is 31.2 Å². The normalized spacial score (nSPS) is 13.5. The Bertz CT molecular complexity index is 1010. The molecule has 24 heavy (non-hydrogen) atoms. The van der Waals surface area contributed by atoms with Gasteiger partial charge < -0.3 is 4.52 Å². The minimum Gasteiger partial charge on any atom is -0.339 e. The van der Waals surface area contributed by atoms with Gasteiger partial charge in [-0.15, -0.1) is 0 Å². The van der Waals surface area contributed by atoms with Gasteiger partial charge in [0, 0.05) is 24.8 Å². The van der Waals surface area contributed by atoms with Crippen molar-refractivity contribution >= 4 is 15.4 Å². The Morgan fingerprint density at radius 2 is 1.83 bits per heavy atom. The van der Waals surface area contributed by atoms with E-state index in [0.717, 1.165) is 12.1 Å². The lowest BCUT2D eigenvalue weighted by atomic mass is 10.2. The molecule has 2 aromatic carbocycles. The maximum atomic E-state index is 13.8. The molecule has 0 saturated heterocycles. The summed E-state index contributed by atoms with van der Waals surface area (Å²) in [6.45, 7) is 1.68. The Kier molecular flexibility index (Phi) is 4.15. The molecule has 0 N–H and O–H groups in total. The van der Waals surface area contributed by atoms with Gasteiger partial charge in [0.05, 0.1) is 20.3 Å². The number of halogens is 2. The lowest BCUT2D eigenvalue weighted by Crippen LogP contribution is -2.01. The Labute approximate surface area is 137 Å². The van der Waals surface area contributed by atoms with Crippen LogP contribution < -0.4 is 0 Å². The van der Waals surface area contributed by atoms with Crippen molar-refractivity contribution in [3.05, 3.63) is 60.0 Å². The lowest BCUT2D eigenvalue weighted by Gasteiger charge is -2.06. The maximum absolute atomic E-state index is 13.8. The van der Waals surface area contributed by atoms with Crippen molar-refractivity contribution in [1.29, 1.82) is 0 Å². The first-order valence-electron chi connectivity index (χ1n) is 6.93. The van der Waals surface area contributed by atoms with Crippen LogP contribution >= 0.6 is 0 Å². The molecule has 1 heterocycles. The lowest BCUT2D eigenvalue weighted by molar-refractivity contribution is 0.394. The number of hydrogen-bond donors (Lipinski definition) is 0. The molecule has 1 aromatic heterocycles. The van der Waals surface area contributed by atoms with Crippen molar-refractivity contribution in [2.24, 2.45) is 4.36 Å². The van der Waals surface area contributed by atoms with Crippen LogP contribution in [0.2, 0.25) is 0 Å². The van der Waals surface area contributed by atoms with E-state index in [9.17, 15) is 13.0 Å². The highest BCUT2D eigenvalue weighted by Crippen LogP contribution is 2.24. The fourth-order valence-electron chi connectivity index (χ4n) is 2.12. The first-order valence-corrected chi connectivity index (χ1v) is 8.85. The van der Waals surface area contributed by atoms with Crippen molar-refractivity contribution in [2.75, 3.05) is 6.26 Å². The Morgan fingerprint density at radius 1 is 1.12 bits per heavy atom. The third kappa shape index (κ3) is 3.33. The van der Waals surface area contributed by atoms with Crippen LogP contribution in [0.15, 0.2) is 56.2 Å². The standard InChI is InChI=1S/C16H13F2N3O2S/c1-10-19-16(20-23-10)11-3-6-13(7-4-11)21-24(2,22)15-8-5-12(17)9-14(15)18/h3-9H,1-2H3. The molecule has 0 bridgehead atoms. The zero-order chi connectivity index (χ0) is 17.3. The van der Waals surface area contributed by atoms with Gasteiger partial charge in [0.1, 0.15) is 11.6 Å². The van der Waals surface area contributed by atoms with E-state index in [-0.39, 0.29) is 4.90 Å². The second kappa shape index (κ2) is 6.12. The predicted molar refractivity (Wildman–Crippen MR) is 85.2 cm³/mol. The van der Waals surface area contributed by atoms with Gasteiger partial charge in [-0.2, -0.15) is 9.35 Å². The summed E-state index contributed by atoms with van der Waals surface area (Å²) in [5.41, 5.74) is 1.11. The van der Waals surface area contributed by atoms with Gasteiger partial charge >= 0.3 is 0 Å². The molecule has 0 aliphatic heterocycles. The first kappa shape index (κ1) is 16.3. The molecule has 8 heteroatoms. The Hall–Kier alpha value is -2.61. The molecule has 0 aliphatic carbocycles. The summed E-state index contributed by atoms with van der Waals surface area (Å²) in [5, 5.41) is 3.80. The number of aryl methyl sites for hydroxylation is 1. The molecule has 0 aliphatic rings. The number of aromatic nitrogens is 2. The highest BCUT2D eigenvalue weighted by molar-refractivity contribution is 7.93. The molecule has 0 fully saturated rings. The number of hydrogen-bond acceptors (Lipinski definition) is 5. The van der Waals surface area contributed by atoms with Gasteiger partial charge in [-0.05, 0) is 36.4 Å². The van der Waals surface area contributed by atoms with Crippen molar-refractivity contribution in [1.82, 2.24) is 10.1 Å². The minimum atomic E-state index is -3.05. The molecule has 0 radical (unpaired) electrons. The van der Waals surface area contributed by atoms with Crippen LogP contribution in [0.4, 0.5) is 14.5 Å². The van der Waals surface area contributed by atoms with Crippen LogP contribution in [-0.2, 0) is 9.73 Å². The van der Waals surface area contributed by atoms with Gasteiger partial charge in [-0.1, -0.05) is 5.16 Å². The van der Waals surface area contributed by atoms with Crippen LogP contribution in [0, 0.1) is 18.6 Å². The van der Waals surface area contributed by atoms with E-state index in [0.29, 0.717) is 29.0 Å². The maximum Gasteiger partial charge on any atom is 0.223 e. The molecule has 5 nitrogen and oxygen atoms in total. The molecule has 0 saturated carbocycles. The quantitative estimate of drug-likeness (QED) is 0.713. The topological polar surface area (TPSA) is 68.3 Å². The Balaban J connectivity index is 1.96. The second-order valence-corrected chi connectivity index (χ2v) is 7.38. The molecule has 0 amide bonds. The summed E-state index contributed by atoms with van der Waals surface area (Å²) in [5.74, 6) is -0.737. The summed E-state index contributed by atoms with van der Waals surface area (Å²) < 4.78 is 48.5. The van der Waals surface area contributed by atoms with Gasteiger partial charge in [-0.25, -0.2) is 13.0 Å². The van der Waals surface area contributed by atoms with Crippen LogP contribution in [0.25, 0.3) is 11.4 Å². The largest absolute Gasteiger partial charge is 0.339 e. The summed E-state index contributed by atoms with van der Waals surface area (Å²) in [6, 6.07) is 9.51. The zero-order valence-corrected chi connectivity index (χ0v) is 13.7. The number of nitrogens with zero attached hydrogens (tertiary/aromatic N) is 3. The molecular weight excluding hydrogens is 336 g/mol. The van der Waals surface area contributed by atoms with Crippen LogP contribution in [0.5, 0.6) is 0 Å². The summed E-state index contributed by atoms with van der Waals surface area (Å²) in [7, 11) is -3.05. The highest BCUT2D eigenvalue weighted by Gasteiger charge is 2.13. The van der Waals surface area contributed by atoms with E-state index in [2.05, 4.69) is 14.5 Å². The average Bonchev–Trinajstić information content (AvgIpc) is 2.93. The summed E-state index contributed by atoms with van der Waals surface area (Å²) >= 11 is 0. The molecule has 124 valence electrons. The molecular formula is C16H13F2N3O2S. The van der Waals surface area contributed by atoms with Crippen LogP contribution in [0.1, 0.15) is 5.89 Å². The van der Waals surface area contributed by atoms with E-state index in [1.165, 1.54) is 6.26 Å². The monoisotopic (exact) mass is 349 g/mol. The minimum absolute atomic E-state index is 0.137. The first-order chi connectivity index (χ1) is 11.3. The zero-order valence-electron chi connectivity index (χ0n) is 12.9. The number of benzene rings is 2. The van der Waals surface area contributed by atoms with Crippen molar-refractivity contribution < 1.29 is 17.5 Å². The average molecular weight is 349 g/mol. The van der Waals surface area contributed by atoms with E-state index in [4.69, 9.17) is 4.52 Å². The van der Waals surface area contributed by atoms with Crippen LogP contribution in [0.3, 0.4) is 0 Å². The fraction of sp³-hybridized carbons (Fsp3) is 0.125. The van der Waals surface area contributed by atoms with Gasteiger partial charge in [-0.3, -0.25) is 0 Å². The van der Waals surface area contributed by atoms with Gasteiger partial charge in [0.2, 0.25) is 11.7 Å². The Morgan fingerprint density at radius 3 is 2.42 bits per heavy atom. The van der Waals surface area contributed by atoms with Crippen LogP contribution in [-0.4, -0.2) is 20.6 Å². The predicted octanol–water partition coefficient (Wildman–Crippen LogP) is 4.11. The summed E-state index contributed by atoms with van der Waals surface area (Å²) in [6.07, 6.45) is 1.31. The third-order valence-electron chi connectivity index (χ3n) is 3.23. The summed E-state index contributed by atoms with van der Waals surface area (Å²) in [4.78, 5) is 3.97. The molecule has 0 spiro atoms. The van der Waals surface area contributed by atoms with Crippen molar-refractivity contribution in [3.8, 4) is 11.4 Å². The smallest absolute Gasteiger partial charge is 0.223 e. The highest BCUT2D eigenvalue weighted by atomic mass is 32.2. The third-order valence-corrected chi connectivity index (χ3v) is 4.94. The molecule has 3 aromatic rings. The van der Waals surface area contributed by atoms with E-state index in [1.807, 2.05) is 0 Å². The molecule has 3 rings (SSSR count). The number of rotatable bonds is 3.